The number of allylic oxidation sites excluding steroid dienone is 2. The van der Waals surface area contributed by atoms with Gasteiger partial charge < -0.3 is 5.11 Å². The number of carboxylic acids is 1. The second kappa shape index (κ2) is 5.15. The van der Waals surface area contributed by atoms with Crippen LogP contribution in [0.25, 0.3) is 0 Å². The van der Waals surface area contributed by atoms with Gasteiger partial charge in [0.2, 0.25) is 0 Å². The van der Waals surface area contributed by atoms with Crippen LogP contribution in [0.2, 0.25) is 5.02 Å². The largest absolute Gasteiger partial charge is 0.481 e. The number of rotatable bonds is 4. The first-order chi connectivity index (χ1) is 9.97. The van der Waals surface area contributed by atoms with Crippen LogP contribution in [-0.2, 0) is 4.79 Å². The van der Waals surface area contributed by atoms with Gasteiger partial charge in [-0.25, -0.2) is 0 Å². The molecule has 0 aromatic heterocycles. The van der Waals surface area contributed by atoms with Gasteiger partial charge in [-0.1, -0.05) is 23.8 Å². The van der Waals surface area contributed by atoms with Gasteiger partial charge in [0.1, 0.15) is 0 Å². The molecule has 1 aromatic rings. The molecule has 0 amide bonds. The summed E-state index contributed by atoms with van der Waals surface area (Å²) in [6.45, 7) is 0. The molecular formula is C15H14ClNO4. The molecule has 0 heterocycles. The van der Waals surface area contributed by atoms with Crippen molar-refractivity contribution in [3.8, 4) is 0 Å². The van der Waals surface area contributed by atoms with Crippen molar-refractivity contribution in [3.05, 3.63) is 51.1 Å². The van der Waals surface area contributed by atoms with Crippen molar-refractivity contribution in [2.75, 3.05) is 0 Å². The minimum absolute atomic E-state index is 0.00442. The van der Waals surface area contributed by atoms with Crippen LogP contribution < -0.4 is 0 Å². The third-order valence-corrected chi connectivity index (χ3v) is 4.93. The summed E-state index contributed by atoms with van der Waals surface area (Å²) >= 11 is 6.23. The molecule has 110 valence electrons. The highest BCUT2D eigenvalue weighted by molar-refractivity contribution is 6.31. The maximum atomic E-state index is 11.1. The molecule has 3 rings (SSSR count). The summed E-state index contributed by atoms with van der Waals surface area (Å²) in [4.78, 5) is 21.6. The quantitative estimate of drug-likeness (QED) is 0.523. The summed E-state index contributed by atoms with van der Waals surface area (Å²) in [5.41, 5.74) is 0.698. The lowest BCUT2D eigenvalue weighted by Crippen LogP contribution is -2.21. The molecule has 4 unspecified atom stereocenters. The highest BCUT2D eigenvalue weighted by atomic mass is 35.5. The predicted molar refractivity (Wildman–Crippen MR) is 77.3 cm³/mol. The summed E-state index contributed by atoms with van der Waals surface area (Å²) in [6, 6.07) is 4.40. The zero-order valence-electron chi connectivity index (χ0n) is 11.1. The third-order valence-electron chi connectivity index (χ3n) is 4.58. The minimum Gasteiger partial charge on any atom is -0.481 e. The van der Waals surface area contributed by atoms with Crippen LogP contribution in [0.4, 0.5) is 5.69 Å². The highest BCUT2D eigenvalue weighted by Gasteiger charge is 2.46. The summed E-state index contributed by atoms with van der Waals surface area (Å²) in [5, 5.41) is 20.5. The van der Waals surface area contributed by atoms with Gasteiger partial charge in [0.15, 0.2) is 0 Å². The number of halogens is 1. The van der Waals surface area contributed by atoms with E-state index in [1.807, 2.05) is 0 Å². The Balaban J connectivity index is 2.01. The average molecular weight is 308 g/mol. The van der Waals surface area contributed by atoms with Crippen molar-refractivity contribution in [1.82, 2.24) is 0 Å². The Morgan fingerprint density at radius 3 is 2.76 bits per heavy atom. The minimum atomic E-state index is -0.840. The van der Waals surface area contributed by atoms with Crippen molar-refractivity contribution < 1.29 is 14.8 Å². The molecule has 2 bridgehead atoms. The number of hydrogen-bond acceptors (Lipinski definition) is 3. The summed E-state index contributed by atoms with van der Waals surface area (Å²) in [5.74, 6) is -0.488. The molecule has 2 aliphatic carbocycles. The van der Waals surface area contributed by atoms with Gasteiger partial charge in [0, 0.05) is 23.6 Å². The molecule has 4 atom stereocenters. The zero-order chi connectivity index (χ0) is 15.1. The van der Waals surface area contributed by atoms with Crippen LogP contribution >= 0.6 is 11.6 Å². The zero-order valence-corrected chi connectivity index (χ0v) is 11.9. The fraction of sp³-hybridized carbons (Fsp3) is 0.400. The number of carbonyl (C=O) groups is 1. The van der Waals surface area contributed by atoms with Crippen LogP contribution in [0.5, 0.6) is 0 Å². The summed E-state index contributed by atoms with van der Waals surface area (Å²) in [6.07, 6.45) is 5.12. The standard InChI is InChI=1S/C15H14ClNO4/c16-13-4-3-10(17(20)21)6-12(13)15-9-2-1-8(5-9)11(15)7-14(18)19/h1-4,6,8-9,11,15H,5,7H2,(H,18,19). The van der Waals surface area contributed by atoms with E-state index >= 15 is 0 Å². The molecule has 6 heteroatoms. The van der Waals surface area contributed by atoms with Crippen LogP contribution in [0.3, 0.4) is 0 Å². The van der Waals surface area contributed by atoms with Crippen LogP contribution in [0.15, 0.2) is 30.4 Å². The second-order valence-corrected chi connectivity index (χ2v) is 6.11. The van der Waals surface area contributed by atoms with Gasteiger partial charge in [-0.15, -0.1) is 0 Å². The number of aliphatic carboxylic acids is 1. The third kappa shape index (κ3) is 2.42. The van der Waals surface area contributed by atoms with E-state index < -0.39 is 10.9 Å². The van der Waals surface area contributed by atoms with Gasteiger partial charge in [-0.3, -0.25) is 14.9 Å². The fourth-order valence-electron chi connectivity index (χ4n) is 3.77. The average Bonchev–Trinajstić information content (AvgIpc) is 3.00. The number of benzene rings is 1. The lowest BCUT2D eigenvalue weighted by Gasteiger charge is -2.27. The second-order valence-electron chi connectivity index (χ2n) is 5.70. The SMILES string of the molecule is O=C(O)CC1C2C=CC(C2)C1c1cc([N+](=O)[O-])ccc1Cl. The number of nitrogens with zero attached hydrogens (tertiary/aromatic N) is 1. The first kappa shape index (κ1) is 14.1. The van der Waals surface area contributed by atoms with Crippen LogP contribution in [-0.4, -0.2) is 16.0 Å². The van der Waals surface area contributed by atoms with E-state index in [-0.39, 0.29) is 35.8 Å². The van der Waals surface area contributed by atoms with Gasteiger partial charge in [0.05, 0.1) is 4.92 Å². The van der Waals surface area contributed by atoms with Gasteiger partial charge in [0.25, 0.3) is 5.69 Å². The summed E-state index contributed by atoms with van der Waals surface area (Å²) < 4.78 is 0. The Morgan fingerprint density at radius 2 is 2.10 bits per heavy atom. The van der Waals surface area contributed by atoms with E-state index in [1.165, 1.54) is 18.2 Å². The van der Waals surface area contributed by atoms with E-state index in [0.717, 1.165) is 6.42 Å². The lowest BCUT2D eigenvalue weighted by molar-refractivity contribution is -0.384. The Hall–Kier alpha value is -1.88. The molecule has 5 nitrogen and oxygen atoms in total. The summed E-state index contributed by atoms with van der Waals surface area (Å²) in [7, 11) is 0. The molecule has 0 spiro atoms. The molecule has 1 fully saturated rings. The number of hydrogen-bond donors (Lipinski definition) is 1. The Bertz CT molecular complexity index is 643. The maximum Gasteiger partial charge on any atom is 0.303 e. The molecule has 1 saturated carbocycles. The number of fused-ring (bicyclic) bond motifs is 2. The van der Waals surface area contributed by atoms with Crippen LogP contribution in [0.1, 0.15) is 24.3 Å². The van der Waals surface area contributed by atoms with E-state index in [2.05, 4.69) is 12.2 Å². The molecule has 2 aliphatic rings. The molecule has 0 aliphatic heterocycles. The smallest absolute Gasteiger partial charge is 0.303 e. The first-order valence-electron chi connectivity index (χ1n) is 6.81. The van der Waals surface area contributed by atoms with Crippen molar-refractivity contribution in [1.29, 1.82) is 0 Å². The topological polar surface area (TPSA) is 80.4 Å². The van der Waals surface area contributed by atoms with Gasteiger partial charge in [-0.05, 0) is 41.7 Å². The normalized spacial score (nSPS) is 29.8. The number of non-ortho nitro benzene ring substituents is 1. The molecule has 21 heavy (non-hydrogen) atoms. The molecule has 1 aromatic carbocycles. The fourth-order valence-corrected chi connectivity index (χ4v) is 4.01. The van der Waals surface area contributed by atoms with Crippen molar-refractivity contribution in [2.24, 2.45) is 17.8 Å². The monoisotopic (exact) mass is 307 g/mol. The number of nitro benzene ring substituents is 1. The van der Waals surface area contributed by atoms with E-state index in [9.17, 15) is 14.9 Å². The molecular weight excluding hydrogens is 294 g/mol. The van der Waals surface area contributed by atoms with E-state index in [4.69, 9.17) is 16.7 Å². The molecule has 0 radical (unpaired) electrons. The Labute approximate surface area is 126 Å². The molecule has 0 saturated heterocycles. The van der Waals surface area contributed by atoms with Crippen molar-refractivity contribution in [2.45, 2.75) is 18.8 Å². The highest BCUT2D eigenvalue weighted by Crippen LogP contribution is 2.55. The molecule has 1 N–H and O–H groups in total. The van der Waals surface area contributed by atoms with Crippen molar-refractivity contribution in [3.63, 3.8) is 0 Å². The predicted octanol–water partition coefficient (Wildman–Crippen LogP) is 3.63. The van der Waals surface area contributed by atoms with Gasteiger partial charge in [-0.2, -0.15) is 0 Å². The van der Waals surface area contributed by atoms with Crippen molar-refractivity contribution >= 4 is 23.3 Å². The van der Waals surface area contributed by atoms with E-state index in [1.54, 1.807) is 0 Å². The Morgan fingerprint density at radius 1 is 1.38 bits per heavy atom. The maximum absolute atomic E-state index is 11.1. The lowest BCUT2D eigenvalue weighted by atomic mass is 9.77. The van der Waals surface area contributed by atoms with E-state index in [0.29, 0.717) is 10.6 Å². The number of nitro groups is 1. The Kier molecular flexibility index (Phi) is 3.45. The first-order valence-corrected chi connectivity index (χ1v) is 7.19. The number of carboxylic acid groups (broad SMARTS) is 1. The van der Waals surface area contributed by atoms with Gasteiger partial charge >= 0.3 is 5.97 Å². The van der Waals surface area contributed by atoms with Crippen LogP contribution in [0, 0.1) is 27.9 Å².